The summed E-state index contributed by atoms with van der Waals surface area (Å²) in [5.74, 6) is 0.679. The number of hydrogen-bond acceptors (Lipinski definition) is 5. The number of rotatable bonds is 2. The molecule has 21 heavy (non-hydrogen) atoms. The first-order valence-corrected chi connectivity index (χ1v) is 6.94. The molecule has 2 aromatic rings. The van der Waals surface area contributed by atoms with E-state index in [1.165, 1.54) is 4.68 Å². The predicted molar refractivity (Wildman–Crippen MR) is 73.5 cm³/mol. The highest BCUT2D eigenvalue weighted by Crippen LogP contribution is 2.34. The summed E-state index contributed by atoms with van der Waals surface area (Å²) in [7, 11) is 0. The molecule has 1 unspecified atom stereocenters. The van der Waals surface area contributed by atoms with E-state index in [2.05, 4.69) is 5.10 Å². The maximum Gasteiger partial charge on any atom is 0.434 e. The molecule has 110 valence electrons. The maximum atomic E-state index is 12.4. The molecule has 0 amide bonds. The second kappa shape index (κ2) is 5.20. The number of furan rings is 1. The SMILES string of the molecule is CCOC(=O)n1nc(C)c2c1CC(c1ccco1)CC2=O. The largest absolute Gasteiger partial charge is 0.469 e. The summed E-state index contributed by atoms with van der Waals surface area (Å²) in [5.41, 5.74) is 1.73. The quantitative estimate of drug-likeness (QED) is 0.849. The minimum atomic E-state index is -0.547. The molecule has 6 nitrogen and oxygen atoms in total. The number of ketones is 1. The van der Waals surface area contributed by atoms with Gasteiger partial charge in [-0.3, -0.25) is 4.79 Å². The van der Waals surface area contributed by atoms with Crippen molar-refractivity contribution in [3.8, 4) is 0 Å². The molecule has 1 atom stereocenters. The lowest BCUT2D eigenvalue weighted by Gasteiger charge is -2.20. The van der Waals surface area contributed by atoms with E-state index in [1.54, 1.807) is 26.2 Å². The van der Waals surface area contributed by atoms with Gasteiger partial charge in [0.25, 0.3) is 0 Å². The number of carbonyl (C=O) groups excluding carboxylic acids is 2. The van der Waals surface area contributed by atoms with Crippen LogP contribution in [0.4, 0.5) is 4.79 Å². The summed E-state index contributed by atoms with van der Waals surface area (Å²) in [6.07, 6.45) is 1.95. The van der Waals surface area contributed by atoms with Gasteiger partial charge < -0.3 is 9.15 Å². The molecular formula is C15H16N2O4. The van der Waals surface area contributed by atoms with Crippen molar-refractivity contribution in [3.05, 3.63) is 41.1 Å². The fraction of sp³-hybridized carbons (Fsp3) is 0.400. The molecule has 0 fully saturated rings. The Balaban J connectivity index is 2.01. The van der Waals surface area contributed by atoms with E-state index in [0.717, 1.165) is 5.76 Å². The fourth-order valence-electron chi connectivity index (χ4n) is 2.82. The van der Waals surface area contributed by atoms with E-state index in [-0.39, 0.29) is 18.3 Å². The van der Waals surface area contributed by atoms with Gasteiger partial charge in [0.1, 0.15) is 5.76 Å². The third-order valence-electron chi connectivity index (χ3n) is 3.69. The zero-order chi connectivity index (χ0) is 15.0. The standard InChI is InChI=1S/C15H16N2O4/c1-3-20-15(19)17-11-7-10(13-5-4-6-21-13)8-12(18)14(11)9(2)16-17/h4-6,10H,3,7-8H2,1-2H3. The van der Waals surface area contributed by atoms with Gasteiger partial charge in [-0.15, -0.1) is 0 Å². The van der Waals surface area contributed by atoms with E-state index < -0.39 is 6.09 Å². The molecule has 1 aliphatic rings. The third-order valence-corrected chi connectivity index (χ3v) is 3.69. The lowest BCUT2D eigenvalue weighted by atomic mass is 9.84. The van der Waals surface area contributed by atoms with Crippen LogP contribution in [0.1, 0.15) is 46.8 Å². The van der Waals surface area contributed by atoms with Crippen LogP contribution in [-0.2, 0) is 11.2 Å². The van der Waals surface area contributed by atoms with Gasteiger partial charge >= 0.3 is 6.09 Å². The van der Waals surface area contributed by atoms with Crippen LogP contribution in [0.15, 0.2) is 22.8 Å². The first-order valence-electron chi connectivity index (χ1n) is 6.94. The Hall–Kier alpha value is -2.37. The van der Waals surface area contributed by atoms with E-state index in [0.29, 0.717) is 29.8 Å². The zero-order valence-corrected chi connectivity index (χ0v) is 12.0. The number of ether oxygens (including phenoxy) is 1. The van der Waals surface area contributed by atoms with E-state index in [9.17, 15) is 9.59 Å². The maximum absolute atomic E-state index is 12.4. The van der Waals surface area contributed by atoms with Crippen LogP contribution in [0.2, 0.25) is 0 Å². The molecule has 0 spiro atoms. The number of nitrogens with zero attached hydrogens (tertiary/aromatic N) is 2. The molecular weight excluding hydrogens is 272 g/mol. The Labute approximate surface area is 121 Å². The van der Waals surface area contributed by atoms with Crippen LogP contribution in [-0.4, -0.2) is 28.3 Å². The Morgan fingerprint density at radius 3 is 3.00 bits per heavy atom. The van der Waals surface area contributed by atoms with Crippen molar-refractivity contribution >= 4 is 11.9 Å². The summed E-state index contributed by atoms with van der Waals surface area (Å²) >= 11 is 0. The third kappa shape index (κ3) is 2.26. The molecule has 0 aliphatic heterocycles. The van der Waals surface area contributed by atoms with E-state index in [1.807, 2.05) is 6.07 Å². The Morgan fingerprint density at radius 1 is 1.52 bits per heavy atom. The van der Waals surface area contributed by atoms with Crippen molar-refractivity contribution in [2.75, 3.05) is 6.61 Å². The predicted octanol–water partition coefficient (Wildman–Crippen LogP) is 2.70. The normalized spacial score (nSPS) is 17.6. The van der Waals surface area contributed by atoms with Crippen LogP contribution in [0, 0.1) is 6.92 Å². The monoisotopic (exact) mass is 288 g/mol. The lowest BCUT2D eigenvalue weighted by Crippen LogP contribution is -2.24. The molecule has 0 N–H and O–H groups in total. The molecule has 0 aromatic carbocycles. The second-order valence-corrected chi connectivity index (χ2v) is 5.06. The number of carbonyl (C=O) groups is 2. The molecule has 2 aromatic heterocycles. The molecule has 0 radical (unpaired) electrons. The van der Waals surface area contributed by atoms with Gasteiger partial charge in [0.15, 0.2) is 5.78 Å². The summed E-state index contributed by atoms with van der Waals surface area (Å²) in [5, 5.41) is 4.17. The lowest BCUT2D eigenvalue weighted by molar-refractivity contribution is 0.0958. The minimum Gasteiger partial charge on any atom is -0.469 e. The van der Waals surface area contributed by atoms with Gasteiger partial charge in [0, 0.05) is 18.8 Å². The van der Waals surface area contributed by atoms with Crippen molar-refractivity contribution in [3.63, 3.8) is 0 Å². The van der Waals surface area contributed by atoms with Crippen molar-refractivity contribution in [2.45, 2.75) is 32.6 Å². The summed E-state index contributed by atoms with van der Waals surface area (Å²) in [4.78, 5) is 24.3. The average molecular weight is 288 g/mol. The van der Waals surface area contributed by atoms with Crippen molar-refractivity contribution in [2.24, 2.45) is 0 Å². The fourth-order valence-corrected chi connectivity index (χ4v) is 2.82. The van der Waals surface area contributed by atoms with E-state index >= 15 is 0 Å². The topological polar surface area (TPSA) is 74.3 Å². The Kier molecular flexibility index (Phi) is 3.37. The zero-order valence-electron chi connectivity index (χ0n) is 12.0. The molecule has 3 rings (SSSR count). The van der Waals surface area contributed by atoms with Crippen LogP contribution >= 0.6 is 0 Å². The van der Waals surface area contributed by atoms with E-state index in [4.69, 9.17) is 9.15 Å². The first-order chi connectivity index (χ1) is 10.1. The van der Waals surface area contributed by atoms with Crippen LogP contribution < -0.4 is 0 Å². The average Bonchev–Trinajstić information content (AvgIpc) is 3.07. The van der Waals surface area contributed by atoms with Gasteiger partial charge in [-0.25, -0.2) is 4.79 Å². The molecule has 0 saturated carbocycles. The minimum absolute atomic E-state index is 0.00861. The van der Waals surface area contributed by atoms with Crippen LogP contribution in [0.25, 0.3) is 0 Å². The molecule has 2 heterocycles. The van der Waals surface area contributed by atoms with Crippen LogP contribution in [0.3, 0.4) is 0 Å². The second-order valence-electron chi connectivity index (χ2n) is 5.06. The van der Waals surface area contributed by atoms with Gasteiger partial charge in [0.2, 0.25) is 0 Å². The molecule has 0 saturated heterocycles. The summed E-state index contributed by atoms with van der Waals surface area (Å²) in [6, 6.07) is 3.64. The number of hydrogen-bond donors (Lipinski definition) is 0. The van der Waals surface area contributed by atoms with Crippen LogP contribution in [0.5, 0.6) is 0 Å². The van der Waals surface area contributed by atoms with Gasteiger partial charge in [-0.2, -0.15) is 9.78 Å². The van der Waals surface area contributed by atoms with Crippen molar-refractivity contribution < 1.29 is 18.7 Å². The Bertz CT molecular complexity index is 685. The highest BCUT2D eigenvalue weighted by atomic mass is 16.5. The molecule has 6 heteroatoms. The highest BCUT2D eigenvalue weighted by Gasteiger charge is 2.34. The number of aromatic nitrogens is 2. The van der Waals surface area contributed by atoms with Crippen molar-refractivity contribution in [1.82, 2.24) is 9.78 Å². The number of aryl methyl sites for hydroxylation is 1. The first kappa shape index (κ1) is 13.6. The van der Waals surface area contributed by atoms with Gasteiger partial charge in [-0.1, -0.05) is 0 Å². The highest BCUT2D eigenvalue weighted by molar-refractivity contribution is 6.00. The number of Topliss-reactive ketones (excluding diaryl/α,β-unsaturated/α-hetero) is 1. The smallest absolute Gasteiger partial charge is 0.434 e. The number of fused-ring (bicyclic) bond motifs is 1. The molecule has 1 aliphatic carbocycles. The summed E-state index contributed by atoms with van der Waals surface area (Å²) < 4.78 is 11.6. The van der Waals surface area contributed by atoms with Gasteiger partial charge in [-0.05, 0) is 26.0 Å². The van der Waals surface area contributed by atoms with Crippen molar-refractivity contribution in [1.29, 1.82) is 0 Å². The molecule has 0 bridgehead atoms. The van der Waals surface area contributed by atoms with Gasteiger partial charge in [0.05, 0.1) is 29.8 Å². The Morgan fingerprint density at radius 2 is 2.33 bits per heavy atom. The summed E-state index contributed by atoms with van der Waals surface area (Å²) in [6.45, 7) is 3.74.